The molecule has 0 aromatic rings. The number of carbonyl (C=O) groups excluding carboxylic acids is 1. The first-order chi connectivity index (χ1) is 7.27. The maximum atomic E-state index is 10.2. The third-order valence-electron chi connectivity index (χ3n) is 1.28. The maximum Gasteiger partial charge on any atom is 2.00 e. The zero-order chi connectivity index (χ0) is 13.1. The van der Waals surface area contributed by atoms with Crippen LogP contribution in [0.1, 0.15) is 19.8 Å². The largest absolute Gasteiger partial charge is 2.00 e. The summed E-state index contributed by atoms with van der Waals surface area (Å²) in [7, 11) is 0. The van der Waals surface area contributed by atoms with E-state index < -0.39 is 18.0 Å². The second-order valence-corrected chi connectivity index (χ2v) is 2.89. The number of hydrogen-bond donors (Lipinski definition) is 4. The molecule has 1 unspecified atom stereocenters. The first-order valence-corrected chi connectivity index (χ1v) is 4.48. The summed E-state index contributed by atoms with van der Waals surface area (Å²) in [4.78, 5) is 22.8. The van der Waals surface area contributed by atoms with Crippen molar-refractivity contribution in [3.05, 3.63) is 0 Å². The Kier molecular flexibility index (Phi) is 15.8. The molecule has 0 aromatic heterocycles. The molecule has 0 saturated carbocycles. The number of carboxylic acids is 2. The monoisotopic (exact) mass is 285 g/mol. The third kappa shape index (κ3) is 25.2. The van der Waals surface area contributed by atoms with E-state index in [9.17, 15) is 4.79 Å². The van der Waals surface area contributed by atoms with Crippen LogP contribution in [0, 0.1) is 0 Å². The minimum absolute atomic E-state index is 0. The van der Waals surface area contributed by atoms with Crippen molar-refractivity contribution < 1.29 is 37.2 Å². The molecule has 0 amide bonds. The third-order valence-corrected chi connectivity index (χ3v) is 1.28. The number of nitrogens with two attached hydrogens (primary N) is 3. The van der Waals surface area contributed by atoms with Crippen molar-refractivity contribution in [2.45, 2.75) is 25.8 Å². The van der Waals surface area contributed by atoms with Gasteiger partial charge in [-0.25, -0.2) is 0 Å². The van der Waals surface area contributed by atoms with Crippen LogP contribution < -0.4 is 22.3 Å². The minimum Gasteiger partial charge on any atom is -0.550 e. The van der Waals surface area contributed by atoms with E-state index in [4.69, 9.17) is 32.2 Å². The van der Waals surface area contributed by atoms with Crippen LogP contribution in [0.3, 0.4) is 0 Å². The van der Waals surface area contributed by atoms with Crippen LogP contribution in [0.25, 0.3) is 0 Å². The number of carboxylic acid groups (broad SMARTS) is 2. The fraction of sp³-hybridized carbons (Fsp3) is 0.625. The summed E-state index contributed by atoms with van der Waals surface area (Å²) in [5.74, 6) is -2.07. The molecule has 0 saturated heterocycles. The summed E-state index contributed by atoms with van der Waals surface area (Å²) in [5.41, 5.74) is 15.3. The standard InChI is InChI=1S/C6H14N4O2.C2H4O2.Cr/c7-4(5(11)12)2-1-3-10-6(8)9;1-2(3)4;/h4H,1-3,7H2,(H,11,12)(H4,8,9,10);1H3,(H,3,4);/q;;+2/p-1. The van der Waals surface area contributed by atoms with Crippen molar-refractivity contribution in [2.75, 3.05) is 6.54 Å². The van der Waals surface area contributed by atoms with E-state index in [1.165, 1.54) is 0 Å². The number of carbonyl (C=O) groups is 2. The van der Waals surface area contributed by atoms with Gasteiger partial charge < -0.3 is 32.2 Å². The molecule has 0 heterocycles. The van der Waals surface area contributed by atoms with Gasteiger partial charge in [0.1, 0.15) is 6.04 Å². The smallest absolute Gasteiger partial charge is 0.550 e. The Morgan fingerprint density at radius 1 is 1.41 bits per heavy atom. The van der Waals surface area contributed by atoms with E-state index in [0.29, 0.717) is 19.4 Å². The van der Waals surface area contributed by atoms with Gasteiger partial charge in [-0.3, -0.25) is 9.79 Å². The predicted molar refractivity (Wildman–Crippen MR) is 56.2 cm³/mol. The predicted octanol–water partition coefficient (Wildman–Crippen LogP) is -2.79. The van der Waals surface area contributed by atoms with E-state index in [0.717, 1.165) is 6.92 Å². The summed E-state index contributed by atoms with van der Waals surface area (Å²) in [6, 6.07) is -0.820. The zero-order valence-corrected chi connectivity index (χ0v) is 10.7. The molecule has 0 aliphatic heterocycles. The molecule has 7 N–H and O–H groups in total. The summed E-state index contributed by atoms with van der Waals surface area (Å²) in [5, 5.41) is 17.3. The second kappa shape index (κ2) is 12.8. The molecule has 17 heavy (non-hydrogen) atoms. The Morgan fingerprint density at radius 3 is 2.12 bits per heavy atom. The molecule has 0 aromatic carbocycles. The average molecular weight is 285 g/mol. The van der Waals surface area contributed by atoms with Gasteiger partial charge in [0.15, 0.2) is 5.96 Å². The molecule has 9 heteroatoms. The van der Waals surface area contributed by atoms with Crippen molar-refractivity contribution in [1.82, 2.24) is 0 Å². The van der Waals surface area contributed by atoms with Gasteiger partial charge in [-0.2, -0.15) is 0 Å². The van der Waals surface area contributed by atoms with Crippen molar-refractivity contribution in [3.8, 4) is 0 Å². The first kappa shape index (κ1) is 21.0. The van der Waals surface area contributed by atoms with E-state index in [-0.39, 0.29) is 23.3 Å². The fourth-order valence-electron chi connectivity index (χ4n) is 0.643. The van der Waals surface area contributed by atoms with Crippen molar-refractivity contribution in [2.24, 2.45) is 22.2 Å². The molecular weight excluding hydrogens is 268 g/mol. The van der Waals surface area contributed by atoms with E-state index in [1.807, 2.05) is 0 Å². The van der Waals surface area contributed by atoms with Gasteiger partial charge >= 0.3 is 23.3 Å². The van der Waals surface area contributed by atoms with Crippen LogP contribution in [0.2, 0.25) is 0 Å². The van der Waals surface area contributed by atoms with Gasteiger partial charge in [0, 0.05) is 12.5 Å². The number of nitrogens with zero attached hydrogens (tertiary/aromatic N) is 1. The number of hydrogen-bond acceptors (Lipinski definition) is 5. The summed E-state index contributed by atoms with van der Waals surface area (Å²) in [6.45, 7) is 1.39. The molecule has 0 bridgehead atoms. The van der Waals surface area contributed by atoms with E-state index in [1.54, 1.807) is 0 Å². The minimum atomic E-state index is -1.08. The number of aliphatic carboxylic acids is 2. The molecular formula is C8H17CrN4O4+. The van der Waals surface area contributed by atoms with Crippen molar-refractivity contribution in [3.63, 3.8) is 0 Å². The van der Waals surface area contributed by atoms with Crippen LogP contribution in [-0.2, 0) is 27.0 Å². The Bertz CT molecular complexity index is 252. The topological polar surface area (TPSA) is 168 Å². The Balaban J connectivity index is -0.000000340. The Labute approximate surface area is 110 Å². The van der Waals surface area contributed by atoms with E-state index in [2.05, 4.69) is 4.99 Å². The first-order valence-electron chi connectivity index (χ1n) is 4.48. The average Bonchev–Trinajstić information content (AvgIpc) is 2.10. The van der Waals surface area contributed by atoms with Gasteiger partial charge in [0.05, 0.1) is 0 Å². The Morgan fingerprint density at radius 2 is 1.82 bits per heavy atom. The normalized spacial score (nSPS) is 10.0. The molecule has 0 aliphatic carbocycles. The number of guanidine groups is 1. The molecule has 0 radical (unpaired) electrons. The molecule has 0 aliphatic rings. The van der Waals surface area contributed by atoms with Gasteiger partial charge in [-0.1, -0.05) is 0 Å². The SMILES string of the molecule is CC(=O)[O-].NC(N)=NCCCC(N)C(=O)O.[Cr+2]. The van der Waals surface area contributed by atoms with Gasteiger partial charge in [-0.15, -0.1) is 0 Å². The van der Waals surface area contributed by atoms with Crippen molar-refractivity contribution in [1.29, 1.82) is 0 Å². The van der Waals surface area contributed by atoms with Gasteiger partial charge in [-0.05, 0) is 19.8 Å². The Hall–Kier alpha value is -1.30. The van der Waals surface area contributed by atoms with E-state index >= 15 is 0 Å². The molecule has 0 fully saturated rings. The van der Waals surface area contributed by atoms with Gasteiger partial charge in [0.2, 0.25) is 0 Å². The van der Waals surface area contributed by atoms with Crippen LogP contribution in [0.15, 0.2) is 4.99 Å². The summed E-state index contributed by atoms with van der Waals surface area (Å²) >= 11 is 0. The summed E-state index contributed by atoms with van der Waals surface area (Å²) < 4.78 is 0. The maximum absolute atomic E-state index is 10.2. The number of aliphatic imine (C=N–C) groups is 1. The van der Waals surface area contributed by atoms with Crippen LogP contribution in [0.4, 0.5) is 0 Å². The zero-order valence-electron chi connectivity index (χ0n) is 9.46. The van der Waals surface area contributed by atoms with Crippen LogP contribution >= 0.6 is 0 Å². The van der Waals surface area contributed by atoms with Crippen LogP contribution in [-0.4, -0.2) is 35.6 Å². The second-order valence-electron chi connectivity index (χ2n) is 2.89. The molecule has 0 spiro atoms. The molecule has 1 atom stereocenters. The van der Waals surface area contributed by atoms with Crippen LogP contribution in [0.5, 0.6) is 0 Å². The molecule has 0 rings (SSSR count). The molecule has 8 nitrogen and oxygen atoms in total. The quantitative estimate of drug-likeness (QED) is 0.240. The van der Waals surface area contributed by atoms with Gasteiger partial charge in [0.25, 0.3) is 0 Å². The molecule has 98 valence electrons. The fourth-order valence-corrected chi connectivity index (χ4v) is 0.643. The van der Waals surface area contributed by atoms with Crippen molar-refractivity contribution >= 4 is 17.9 Å². The summed E-state index contributed by atoms with van der Waals surface area (Å²) in [6.07, 6.45) is 0.956. The number of rotatable bonds is 5.